The lowest BCUT2D eigenvalue weighted by Gasteiger charge is -2.19. The van der Waals surface area contributed by atoms with E-state index in [2.05, 4.69) is 5.32 Å². The highest BCUT2D eigenvalue weighted by Gasteiger charge is 2.25. The minimum Gasteiger partial charge on any atom is -0.452 e. The summed E-state index contributed by atoms with van der Waals surface area (Å²) >= 11 is 0. The van der Waals surface area contributed by atoms with Crippen molar-refractivity contribution >= 4 is 23.3 Å². The van der Waals surface area contributed by atoms with Crippen molar-refractivity contribution < 1.29 is 19.1 Å². The molecular weight excluding hydrogens is 294 g/mol. The van der Waals surface area contributed by atoms with Crippen LogP contribution in [0.2, 0.25) is 0 Å². The summed E-state index contributed by atoms with van der Waals surface area (Å²) < 4.78 is 5.25. The molecule has 1 aliphatic carbocycles. The van der Waals surface area contributed by atoms with Crippen molar-refractivity contribution in [3.05, 3.63) is 42.0 Å². The third-order valence-corrected chi connectivity index (χ3v) is 3.80. The maximum Gasteiger partial charge on any atom is 0.310 e. The second-order valence-corrected chi connectivity index (χ2v) is 5.69. The molecule has 0 unspecified atom stereocenters. The monoisotopic (exact) mass is 315 g/mol. The summed E-state index contributed by atoms with van der Waals surface area (Å²) in [6.45, 7) is 3.00. The number of Topliss-reactive ketones (excluding diaryl/α,β-unsaturated/α-hetero) is 1. The van der Waals surface area contributed by atoms with Crippen LogP contribution in [-0.2, 0) is 14.3 Å². The Morgan fingerprint density at radius 2 is 2.04 bits per heavy atom. The summed E-state index contributed by atoms with van der Waals surface area (Å²) in [7, 11) is 0. The lowest BCUT2D eigenvalue weighted by atomic mass is 9.95. The Morgan fingerprint density at radius 1 is 1.26 bits per heavy atom. The molecule has 1 N–H and O–H groups in total. The van der Waals surface area contributed by atoms with E-state index in [1.165, 1.54) is 6.92 Å². The van der Waals surface area contributed by atoms with E-state index >= 15 is 0 Å². The molecule has 122 valence electrons. The largest absolute Gasteiger partial charge is 0.452 e. The number of anilines is 1. The number of carbonyl (C=O) groups is 3. The molecule has 5 nitrogen and oxygen atoms in total. The third-order valence-electron chi connectivity index (χ3n) is 3.80. The van der Waals surface area contributed by atoms with Gasteiger partial charge in [-0.1, -0.05) is 24.3 Å². The summed E-state index contributed by atoms with van der Waals surface area (Å²) in [6.07, 6.45) is 5.40. The molecule has 0 aromatic heterocycles. The molecule has 1 aliphatic rings. The quantitative estimate of drug-likeness (QED) is 0.515. The number of hydrogen-bond acceptors (Lipinski definition) is 4. The predicted octanol–water partition coefficient (Wildman–Crippen LogP) is 3.12. The van der Waals surface area contributed by atoms with Gasteiger partial charge < -0.3 is 10.1 Å². The highest BCUT2D eigenvalue weighted by molar-refractivity contribution is 5.98. The minimum atomic E-state index is -0.880. The molecule has 2 atom stereocenters. The van der Waals surface area contributed by atoms with Gasteiger partial charge in [0.15, 0.2) is 11.9 Å². The second-order valence-electron chi connectivity index (χ2n) is 5.69. The summed E-state index contributed by atoms with van der Waals surface area (Å²) in [6, 6.07) is 6.65. The van der Waals surface area contributed by atoms with E-state index in [-0.39, 0.29) is 17.7 Å². The van der Waals surface area contributed by atoms with Crippen LogP contribution in [0.5, 0.6) is 0 Å². The molecule has 0 radical (unpaired) electrons. The maximum atomic E-state index is 12.1. The fourth-order valence-corrected chi connectivity index (χ4v) is 2.39. The van der Waals surface area contributed by atoms with Gasteiger partial charge >= 0.3 is 5.97 Å². The topological polar surface area (TPSA) is 72.5 Å². The van der Waals surface area contributed by atoms with E-state index in [0.717, 1.165) is 12.8 Å². The van der Waals surface area contributed by atoms with Crippen LogP contribution in [0.4, 0.5) is 5.69 Å². The van der Waals surface area contributed by atoms with Gasteiger partial charge in [-0.15, -0.1) is 0 Å². The van der Waals surface area contributed by atoms with E-state index in [1.54, 1.807) is 31.2 Å². The Morgan fingerprint density at radius 3 is 2.70 bits per heavy atom. The van der Waals surface area contributed by atoms with Gasteiger partial charge in [0.1, 0.15) is 0 Å². The summed E-state index contributed by atoms with van der Waals surface area (Å²) in [4.78, 5) is 35.5. The first-order valence-corrected chi connectivity index (χ1v) is 7.74. The highest BCUT2D eigenvalue weighted by Crippen LogP contribution is 2.20. The van der Waals surface area contributed by atoms with E-state index in [0.29, 0.717) is 17.7 Å². The Balaban J connectivity index is 1.92. The maximum absolute atomic E-state index is 12.1. The second kappa shape index (κ2) is 7.72. The SMILES string of the molecule is CC(=O)c1cccc(NC(=O)[C@H](C)OC(=O)[C@H]2CC=CCC2)c1. The van der Waals surface area contributed by atoms with Gasteiger partial charge in [-0.2, -0.15) is 0 Å². The van der Waals surface area contributed by atoms with Crippen molar-refractivity contribution in [3.63, 3.8) is 0 Å². The number of rotatable bonds is 5. The molecule has 0 aliphatic heterocycles. The number of allylic oxidation sites excluding steroid dienone is 2. The van der Waals surface area contributed by atoms with Crippen molar-refractivity contribution in [1.29, 1.82) is 0 Å². The molecule has 0 spiro atoms. The fourth-order valence-electron chi connectivity index (χ4n) is 2.39. The Labute approximate surface area is 135 Å². The molecule has 1 amide bonds. The minimum absolute atomic E-state index is 0.0778. The lowest BCUT2D eigenvalue weighted by Crippen LogP contribution is -2.32. The molecule has 0 fully saturated rings. The van der Waals surface area contributed by atoms with E-state index in [4.69, 9.17) is 4.74 Å². The Kier molecular flexibility index (Phi) is 5.68. The molecule has 1 aromatic carbocycles. The molecule has 0 saturated carbocycles. The smallest absolute Gasteiger partial charge is 0.310 e. The van der Waals surface area contributed by atoms with E-state index in [1.807, 2.05) is 12.2 Å². The van der Waals surface area contributed by atoms with Crippen molar-refractivity contribution in [3.8, 4) is 0 Å². The van der Waals surface area contributed by atoms with Gasteiger partial charge in [-0.3, -0.25) is 14.4 Å². The van der Waals surface area contributed by atoms with Gasteiger partial charge in [0.05, 0.1) is 5.92 Å². The molecule has 1 aromatic rings. The zero-order valence-corrected chi connectivity index (χ0v) is 13.4. The number of ketones is 1. The molecular formula is C18H21NO4. The zero-order chi connectivity index (χ0) is 16.8. The van der Waals surface area contributed by atoms with Gasteiger partial charge in [0, 0.05) is 11.3 Å². The van der Waals surface area contributed by atoms with Crippen molar-refractivity contribution in [2.45, 2.75) is 39.2 Å². The number of esters is 1. The average molecular weight is 315 g/mol. The number of benzene rings is 1. The van der Waals surface area contributed by atoms with Crippen LogP contribution in [0.15, 0.2) is 36.4 Å². The van der Waals surface area contributed by atoms with Gasteiger partial charge in [-0.25, -0.2) is 0 Å². The van der Waals surface area contributed by atoms with Crippen LogP contribution in [0, 0.1) is 5.92 Å². The molecule has 0 heterocycles. The number of amides is 1. The summed E-state index contributed by atoms with van der Waals surface area (Å²) in [5.41, 5.74) is 1.02. The Bertz CT molecular complexity index is 636. The first kappa shape index (κ1) is 16.9. The molecule has 0 bridgehead atoms. The van der Waals surface area contributed by atoms with Crippen LogP contribution >= 0.6 is 0 Å². The van der Waals surface area contributed by atoms with Crippen LogP contribution in [0.25, 0.3) is 0 Å². The summed E-state index contributed by atoms with van der Waals surface area (Å²) in [5, 5.41) is 2.66. The van der Waals surface area contributed by atoms with Crippen LogP contribution < -0.4 is 5.32 Å². The first-order valence-electron chi connectivity index (χ1n) is 7.74. The average Bonchev–Trinajstić information content (AvgIpc) is 2.55. The van der Waals surface area contributed by atoms with Crippen LogP contribution in [0.1, 0.15) is 43.5 Å². The van der Waals surface area contributed by atoms with Crippen LogP contribution in [0.3, 0.4) is 0 Å². The van der Waals surface area contributed by atoms with Crippen molar-refractivity contribution in [2.75, 3.05) is 5.32 Å². The van der Waals surface area contributed by atoms with Crippen molar-refractivity contribution in [2.24, 2.45) is 5.92 Å². The zero-order valence-electron chi connectivity index (χ0n) is 13.4. The standard InChI is InChI=1S/C18H21NO4/c1-12(20)15-9-6-10-16(11-15)19-17(21)13(2)23-18(22)14-7-4-3-5-8-14/h3-4,6,9-11,13-14H,5,7-8H2,1-2H3,(H,19,21)/t13-,14-/m0/s1. The lowest BCUT2D eigenvalue weighted by molar-refractivity contribution is -0.157. The van der Waals surface area contributed by atoms with Gasteiger partial charge in [0.2, 0.25) is 0 Å². The Hall–Kier alpha value is -2.43. The van der Waals surface area contributed by atoms with E-state index < -0.39 is 12.0 Å². The van der Waals surface area contributed by atoms with E-state index in [9.17, 15) is 14.4 Å². The molecule has 0 saturated heterocycles. The number of ether oxygens (including phenoxy) is 1. The molecule has 23 heavy (non-hydrogen) atoms. The summed E-state index contributed by atoms with van der Waals surface area (Å²) in [5.74, 6) is -0.998. The molecule has 2 rings (SSSR count). The third kappa shape index (κ3) is 4.77. The number of carbonyl (C=O) groups excluding carboxylic acids is 3. The molecule has 5 heteroatoms. The highest BCUT2D eigenvalue weighted by atomic mass is 16.5. The predicted molar refractivity (Wildman–Crippen MR) is 87.1 cm³/mol. The fraction of sp³-hybridized carbons (Fsp3) is 0.389. The van der Waals surface area contributed by atoms with Crippen molar-refractivity contribution in [1.82, 2.24) is 0 Å². The van der Waals surface area contributed by atoms with Crippen LogP contribution in [-0.4, -0.2) is 23.8 Å². The number of nitrogens with one attached hydrogen (secondary N) is 1. The van der Waals surface area contributed by atoms with Gasteiger partial charge in [-0.05, 0) is 45.2 Å². The first-order chi connectivity index (χ1) is 11.0. The van der Waals surface area contributed by atoms with Gasteiger partial charge in [0.25, 0.3) is 5.91 Å². The normalized spacial score (nSPS) is 18.1. The number of hydrogen-bond donors (Lipinski definition) is 1.